The van der Waals surface area contributed by atoms with Crippen LogP contribution in [0.2, 0.25) is 5.02 Å². The third kappa shape index (κ3) is 6.17. The molecule has 0 radical (unpaired) electrons. The Balaban J connectivity index is 1.87. The number of nitrogens with one attached hydrogen (secondary N) is 2. The van der Waals surface area contributed by atoms with Gasteiger partial charge in [-0.25, -0.2) is 8.42 Å². The van der Waals surface area contributed by atoms with Crippen LogP contribution in [0.1, 0.15) is 59.8 Å². The number of rotatable bonds is 8. The molecule has 2 aromatic carbocycles. The maximum atomic E-state index is 14.0. The van der Waals surface area contributed by atoms with Crippen LogP contribution in [0.3, 0.4) is 0 Å². The molecule has 1 amide bonds. The van der Waals surface area contributed by atoms with Crippen LogP contribution in [-0.2, 0) is 22.6 Å². The molecule has 0 saturated carbocycles. The second-order valence-corrected chi connectivity index (χ2v) is 11.2. The Morgan fingerprint density at radius 1 is 1.23 bits per heavy atom. The van der Waals surface area contributed by atoms with Crippen molar-refractivity contribution in [2.75, 3.05) is 19.3 Å². The predicted octanol–water partition coefficient (Wildman–Crippen LogP) is 4.78. The molecule has 0 aliphatic carbocycles. The van der Waals surface area contributed by atoms with Crippen molar-refractivity contribution < 1.29 is 26.4 Å². The minimum absolute atomic E-state index is 0.0136. The Labute approximate surface area is 208 Å². The number of benzene rings is 2. The van der Waals surface area contributed by atoms with E-state index in [-0.39, 0.29) is 45.1 Å². The molecule has 2 atom stereocenters. The summed E-state index contributed by atoms with van der Waals surface area (Å²) in [4.78, 5) is 14.8. The first kappa shape index (κ1) is 27.4. The predicted molar refractivity (Wildman–Crippen MR) is 129 cm³/mol. The lowest BCUT2D eigenvalue weighted by Gasteiger charge is -2.32. The fourth-order valence-electron chi connectivity index (χ4n) is 4.47. The fourth-order valence-corrected chi connectivity index (χ4v) is 5.78. The van der Waals surface area contributed by atoms with E-state index < -0.39 is 33.5 Å². The summed E-state index contributed by atoms with van der Waals surface area (Å²) in [6.07, 6.45) is -2.93. The minimum Gasteiger partial charge on any atom is -0.348 e. The maximum absolute atomic E-state index is 14.0. The largest absolute Gasteiger partial charge is 0.416 e. The summed E-state index contributed by atoms with van der Waals surface area (Å²) in [5.41, 5.74) is -0.665. The van der Waals surface area contributed by atoms with E-state index in [1.54, 1.807) is 14.0 Å². The SMILES string of the molecule is CCS(=O)(=O)c1ccc(Cl)cc1CNC(=O)c1ccc([C@@H](C)N2CCCC2NC)c(C(F)(F)F)c1. The van der Waals surface area contributed by atoms with Gasteiger partial charge in [0.2, 0.25) is 0 Å². The Bertz CT molecular complexity index is 1190. The number of sulfone groups is 1. The molecule has 1 aliphatic rings. The van der Waals surface area contributed by atoms with Crippen molar-refractivity contribution in [2.24, 2.45) is 0 Å². The molecule has 192 valence electrons. The zero-order valence-corrected chi connectivity index (χ0v) is 21.3. The first-order chi connectivity index (χ1) is 16.4. The van der Waals surface area contributed by atoms with Crippen molar-refractivity contribution in [1.29, 1.82) is 0 Å². The summed E-state index contributed by atoms with van der Waals surface area (Å²) in [7, 11) is -1.80. The van der Waals surface area contributed by atoms with Gasteiger partial charge in [-0.3, -0.25) is 9.69 Å². The lowest BCUT2D eigenvalue weighted by molar-refractivity contribution is -0.138. The van der Waals surface area contributed by atoms with Gasteiger partial charge in [-0.1, -0.05) is 24.6 Å². The van der Waals surface area contributed by atoms with Crippen LogP contribution in [-0.4, -0.2) is 44.7 Å². The molecule has 3 rings (SSSR count). The van der Waals surface area contributed by atoms with Crippen LogP contribution in [0.4, 0.5) is 13.2 Å². The van der Waals surface area contributed by atoms with Crippen LogP contribution in [0.25, 0.3) is 0 Å². The van der Waals surface area contributed by atoms with E-state index in [2.05, 4.69) is 10.6 Å². The second kappa shape index (κ2) is 10.9. The third-order valence-corrected chi connectivity index (χ3v) is 8.44. The molecular weight excluding hydrogens is 503 g/mol. The molecule has 1 saturated heterocycles. The highest BCUT2D eigenvalue weighted by atomic mass is 35.5. The number of nitrogens with zero attached hydrogens (tertiary/aromatic N) is 1. The van der Waals surface area contributed by atoms with Gasteiger partial charge < -0.3 is 10.6 Å². The molecular formula is C24H29ClF3N3O3S. The van der Waals surface area contributed by atoms with Gasteiger partial charge in [-0.05, 0) is 68.3 Å². The average molecular weight is 532 g/mol. The van der Waals surface area contributed by atoms with Gasteiger partial charge in [-0.15, -0.1) is 0 Å². The molecule has 35 heavy (non-hydrogen) atoms. The van der Waals surface area contributed by atoms with Crippen LogP contribution in [0.5, 0.6) is 0 Å². The highest BCUT2D eigenvalue weighted by Gasteiger charge is 2.38. The molecule has 0 aromatic heterocycles. The lowest BCUT2D eigenvalue weighted by atomic mass is 9.97. The van der Waals surface area contributed by atoms with E-state index in [1.807, 2.05) is 4.90 Å². The summed E-state index contributed by atoms with van der Waals surface area (Å²) < 4.78 is 66.7. The zero-order chi connectivity index (χ0) is 26.0. The average Bonchev–Trinajstić information content (AvgIpc) is 3.30. The van der Waals surface area contributed by atoms with E-state index in [1.165, 1.54) is 37.3 Å². The van der Waals surface area contributed by atoms with Gasteiger partial charge in [-0.2, -0.15) is 13.2 Å². The van der Waals surface area contributed by atoms with Crippen molar-refractivity contribution in [1.82, 2.24) is 15.5 Å². The zero-order valence-electron chi connectivity index (χ0n) is 19.7. The smallest absolute Gasteiger partial charge is 0.348 e. The summed E-state index contributed by atoms with van der Waals surface area (Å²) in [5.74, 6) is -0.890. The first-order valence-corrected chi connectivity index (χ1v) is 13.4. The quantitative estimate of drug-likeness (QED) is 0.512. The molecule has 0 bridgehead atoms. The number of likely N-dealkylation sites (tertiary alicyclic amines) is 1. The Morgan fingerprint density at radius 2 is 1.94 bits per heavy atom. The summed E-state index contributed by atoms with van der Waals surface area (Å²) in [6, 6.07) is 7.28. The number of amides is 1. The molecule has 1 heterocycles. The number of halogens is 4. The van der Waals surface area contributed by atoms with Crippen LogP contribution in [0, 0.1) is 0 Å². The van der Waals surface area contributed by atoms with Crippen molar-refractivity contribution >= 4 is 27.3 Å². The lowest BCUT2D eigenvalue weighted by Crippen LogP contribution is -2.41. The Morgan fingerprint density at radius 3 is 2.57 bits per heavy atom. The van der Waals surface area contributed by atoms with Gasteiger partial charge in [0.05, 0.1) is 22.4 Å². The Hall–Kier alpha value is -2.14. The molecule has 6 nitrogen and oxygen atoms in total. The molecule has 2 N–H and O–H groups in total. The molecule has 0 spiro atoms. The molecule has 1 fully saturated rings. The number of alkyl halides is 3. The molecule has 11 heteroatoms. The second-order valence-electron chi connectivity index (χ2n) is 8.50. The summed E-state index contributed by atoms with van der Waals surface area (Å²) >= 11 is 5.99. The topological polar surface area (TPSA) is 78.5 Å². The first-order valence-electron chi connectivity index (χ1n) is 11.3. The van der Waals surface area contributed by atoms with Crippen molar-refractivity contribution in [3.63, 3.8) is 0 Å². The highest BCUT2D eigenvalue weighted by molar-refractivity contribution is 7.91. The van der Waals surface area contributed by atoms with E-state index in [4.69, 9.17) is 11.6 Å². The monoisotopic (exact) mass is 531 g/mol. The van der Waals surface area contributed by atoms with Crippen LogP contribution < -0.4 is 10.6 Å². The molecule has 1 aliphatic heterocycles. The number of hydrogen-bond donors (Lipinski definition) is 2. The van der Waals surface area contributed by atoms with Gasteiger partial charge in [0, 0.05) is 29.7 Å². The van der Waals surface area contributed by atoms with Crippen molar-refractivity contribution in [3.05, 3.63) is 63.7 Å². The van der Waals surface area contributed by atoms with Crippen LogP contribution in [0.15, 0.2) is 41.3 Å². The third-order valence-electron chi connectivity index (χ3n) is 6.37. The van der Waals surface area contributed by atoms with Gasteiger partial charge in [0.15, 0.2) is 9.84 Å². The maximum Gasteiger partial charge on any atom is 0.416 e. The molecule has 1 unspecified atom stereocenters. The van der Waals surface area contributed by atoms with E-state index >= 15 is 0 Å². The number of carbonyl (C=O) groups is 1. The van der Waals surface area contributed by atoms with Crippen LogP contribution >= 0.6 is 11.6 Å². The standard InChI is InChI=1S/C24H29ClF3N3O3S/c1-4-35(33,34)21-10-8-18(25)12-17(21)14-30-23(32)16-7-9-19(20(13-16)24(26,27)28)15(2)31-11-5-6-22(31)29-3/h7-10,12-13,15,22,29H,4-6,11,14H2,1-3H3,(H,30,32)/t15-,22?/m1/s1. The fraction of sp³-hybridized carbons (Fsp3) is 0.458. The minimum atomic E-state index is -4.65. The van der Waals surface area contributed by atoms with Gasteiger partial charge >= 0.3 is 6.18 Å². The summed E-state index contributed by atoms with van der Waals surface area (Å²) in [6.45, 7) is 3.70. The van der Waals surface area contributed by atoms with Crippen molar-refractivity contribution in [2.45, 2.75) is 56.5 Å². The van der Waals surface area contributed by atoms with E-state index in [0.29, 0.717) is 6.54 Å². The Kier molecular flexibility index (Phi) is 8.52. The highest BCUT2D eigenvalue weighted by Crippen LogP contribution is 2.38. The van der Waals surface area contributed by atoms with E-state index in [9.17, 15) is 26.4 Å². The number of carbonyl (C=O) groups excluding carboxylic acids is 1. The normalized spacial score (nSPS) is 18.0. The number of hydrogen-bond acceptors (Lipinski definition) is 5. The molecule has 2 aromatic rings. The van der Waals surface area contributed by atoms with Gasteiger partial charge in [0.25, 0.3) is 5.91 Å². The van der Waals surface area contributed by atoms with Gasteiger partial charge in [0.1, 0.15) is 0 Å². The summed E-state index contributed by atoms with van der Waals surface area (Å²) in [5, 5.41) is 5.95. The van der Waals surface area contributed by atoms with E-state index in [0.717, 1.165) is 18.9 Å². The van der Waals surface area contributed by atoms with Crippen molar-refractivity contribution in [3.8, 4) is 0 Å².